The lowest BCUT2D eigenvalue weighted by Gasteiger charge is -2.21. The number of hydrogen-bond donors (Lipinski definition) is 1. The molecule has 0 fully saturated rings. The van der Waals surface area contributed by atoms with E-state index in [-0.39, 0.29) is 12.1 Å². The maximum atomic E-state index is 6.22. The molecule has 2 unspecified atom stereocenters. The van der Waals surface area contributed by atoms with E-state index in [2.05, 4.69) is 45.0 Å². The molecule has 1 aromatic rings. The first-order valence-electron chi connectivity index (χ1n) is 7.15. The van der Waals surface area contributed by atoms with Crippen LogP contribution in [-0.2, 0) is 11.2 Å². The average Bonchev–Trinajstić information content (AvgIpc) is 2.42. The van der Waals surface area contributed by atoms with E-state index >= 15 is 0 Å². The Morgan fingerprint density at radius 2 is 1.78 bits per heavy atom. The topological polar surface area (TPSA) is 35.2 Å². The van der Waals surface area contributed by atoms with Crippen LogP contribution in [0.1, 0.15) is 57.2 Å². The number of hydrogen-bond acceptors (Lipinski definition) is 2. The molecule has 2 atom stereocenters. The fourth-order valence-electron chi connectivity index (χ4n) is 1.97. The fourth-order valence-corrected chi connectivity index (χ4v) is 1.97. The Kier molecular flexibility index (Phi) is 6.99. The summed E-state index contributed by atoms with van der Waals surface area (Å²) in [5.41, 5.74) is 8.73. The normalized spacial score (nSPS) is 14.4. The van der Waals surface area contributed by atoms with E-state index in [1.165, 1.54) is 18.4 Å². The number of nitrogens with two attached hydrogens (primary N) is 1. The smallest absolute Gasteiger partial charge is 0.0739 e. The molecule has 0 aliphatic heterocycles. The van der Waals surface area contributed by atoms with Crippen LogP contribution >= 0.6 is 0 Å². The highest BCUT2D eigenvalue weighted by atomic mass is 16.5. The van der Waals surface area contributed by atoms with Crippen LogP contribution in [0.3, 0.4) is 0 Å². The predicted molar refractivity (Wildman–Crippen MR) is 77.7 cm³/mol. The van der Waals surface area contributed by atoms with Crippen molar-refractivity contribution in [3.05, 3.63) is 35.4 Å². The van der Waals surface area contributed by atoms with Crippen molar-refractivity contribution in [2.75, 3.05) is 6.61 Å². The maximum absolute atomic E-state index is 6.22. The summed E-state index contributed by atoms with van der Waals surface area (Å²) in [4.78, 5) is 0. The Hall–Kier alpha value is -0.860. The monoisotopic (exact) mass is 249 g/mol. The molecule has 1 aromatic carbocycles. The van der Waals surface area contributed by atoms with Crippen molar-refractivity contribution in [1.82, 2.24) is 0 Å². The second-order valence-electron chi connectivity index (χ2n) is 4.90. The number of unbranched alkanes of at least 4 members (excludes halogenated alkanes) is 2. The molecule has 2 heteroatoms. The first kappa shape index (κ1) is 15.2. The molecule has 0 spiro atoms. The van der Waals surface area contributed by atoms with Crippen molar-refractivity contribution in [3.8, 4) is 0 Å². The molecule has 0 heterocycles. The molecule has 0 saturated carbocycles. The van der Waals surface area contributed by atoms with Crippen molar-refractivity contribution in [2.24, 2.45) is 5.73 Å². The maximum Gasteiger partial charge on any atom is 0.0739 e. The van der Waals surface area contributed by atoms with Crippen LogP contribution in [0.4, 0.5) is 0 Å². The van der Waals surface area contributed by atoms with Crippen molar-refractivity contribution in [3.63, 3.8) is 0 Å². The van der Waals surface area contributed by atoms with Gasteiger partial charge in [0.1, 0.15) is 0 Å². The largest absolute Gasteiger partial charge is 0.377 e. The van der Waals surface area contributed by atoms with Gasteiger partial charge in [0.25, 0.3) is 0 Å². The van der Waals surface area contributed by atoms with Crippen LogP contribution in [0.25, 0.3) is 0 Å². The summed E-state index contributed by atoms with van der Waals surface area (Å²) < 4.78 is 5.79. The van der Waals surface area contributed by atoms with Crippen molar-refractivity contribution >= 4 is 0 Å². The lowest BCUT2D eigenvalue weighted by molar-refractivity contribution is 0.0456. The minimum absolute atomic E-state index is 0.0301. The zero-order valence-corrected chi connectivity index (χ0v) is 12.0. The zero-order chi connectivity index (χ0) is 13.4. The average molecular weight is 249 g/mol. The highest BCUT2D eigenvalue weighted by Crippen LogP contribution is 2.17. The van der Waals surface area contributed by atoms with Crippen molar-refractivity contribution in [1.29, 1.82) is 0 Å². The SMILES string of the molecule is CCCCCOC(C)C(N)c1ccc(CC)cc1. The third kappa shape index (κ3) is 4.79. The van der Waals surface area contributed by atoms with Gasteiger partial charge < -0.3 is 10.5 Å². The van der Waals surface area contributed by atoms with Crippen LogP contribution < -0.4 is 5.73 Å². The number of ether oxygens (including phenoxy) is 1. The standard InChI is InChI=1S/C16H27NO/c1-4-6-7-12-18-13(3)16(17)15-10-8-14(5-2)9-11-15/h8-11,13,16H,4-7,12,17H2,1-3H3. The van der Waals surface area contributed by atoms with Crippen LogP contribution in [0, 0.1) is 0 Å². The Morgan fingerprint density at radius 1 is 1.11 bits per heavy atom. The predicted octanol–water partition coefficient (Wildman–Crippen LogP) is 3.84. The summed E-state index contributed by atoms with van der Waals surface area (Å²) >= 11 is 0. The number of aryl methyl sites for hydroxylation is 1. The van der Waals surface area contributed by atoms with E-state index < -0.39 is 0 Å². The summed E-state index contributed by atoms with van der Waals surface area (Å²) in [6.07, 6.45) is 4.73. The summed E-state index contributed by atoms with van der Waals surface area (Å²) in [7, 11) is 0. The van der Waals surface area contributed by atoms with E-state index in [9.17, 15) is 0 Å². The first-order valence-corrected chi connectivity index (χ1v) is 7.15. The molecule has 0 radical (unpaired) electrons. The number of benzene rings is 1. The van der Waals surface area contributed by atoms with Crippen LogP contribution in [0.2, 0.25) is 0 Å². The minimum Gasteiger partial charge on any atom is -0.377 e. The lowest BCUT2D eigenvalue weighted by Crippen LogP contribution is -2.26. The minimum atomic E-state index is -0.0301. The molecule has 0 aliphatic carbocycles. The molecule has 18 heavy (non-hydrogen) atoms. The lowest BCUT2D eigenvalue weighted by atomic mass is 10.0. The molecule has 0 bridgehead atoms. The third-order valence-electron chi connectivity index (χ3n) is 3.41. The van der Waals surface area contributed by atoms with Gasteiger partial charge in [-0.15, -0.1) is 0 Å². The van der Waals surface area contributed by atoms with E-state index in [4.69, 9.17) is 10.5 Å². The highest BCUT2D eigenvalue weighted by molar-refractivity contribution is 5.25. The van der Waals surface area contributed by atoms with Gasteiger partial charge in [-0.2, -0.15) is 0 Å². The summed E-state index contributed by atoms with van der Waals surface area (Å²) in [6.45, 7) is 7.24. The van der Waals surface area contributed by atoms with Crippen molar-refractivity contribution < 1.29 is 4.74 Å². The van der Waals surface area contributed by atoms with Gasteiger partial charge in [0.15, 0.2) is 0 Å². The van der Waals surface area contributed by atoms with Gasteiger partial charge in [0, 0.05) is 6.61 Å². The van der Waals surface area contributed by atoms with Gasteiger partial charge >= 0.3 is 0 Å². The molecule has 2 nitrogen and oxygen atoms in total. The van der Waals surface area contributed by atoms with Crippen molar-refractivity contribution in [2.45, 2.75) is 58.6 Å². The van der Waals surface area contributed by atoms with Gasteiger partial charge in [0.2, 0.25) is 0 Å². The molecule has 0 aliphatic rings. The molecule has 0 aromatic heterocycles. The Balaban J connectivity index is 2.43. The Morgan fingerprint density at radius 3 is 2.33 bits per heavy atom. The molecule has 0 saturated heterocycles. The van der Waals surface area contributed by atoms with E-state index in [1.807, 2.05) is 0 Å². The van der Waals surface area contributed by atoms with Crippen LogP contribution in [0.5, 0.6) is 0 Å². The zero-order valence-electron chi connectivity index (χ0n) is 12.0. The summed E-state index contributed by atoms with van der Waals surface area (Å²) in [6, 6.07) is 8.51. The van der Waals surface area contributed by atoms with E-state index in [1.54, 1.807) is 0 Å². The highest BCUT2D eigenvalue weighted by Gasteiger charge is 2.14. The van der Waals surface area contributed by atoms with Gasteiger partial charge in [-0.3, -0.25) is 0 Å². The third-order valence-corrected chi connectivity index (χ3v) is 3.41. The Labute approximate surface area is 112 Å². The number of rotatable bonds is 8. The van der Waals surface area contributed by atoms with Gasteiger partial charge in [0.05, 0.1) is 12.1 Å². The molecular weight excluding hydrogens is 222 g/mol. The second kappa shape index (κ2) is 8.28. The summed E-state index contributed by atoms with van der Waals surface area (Å²) in [5.74, 6) is 0. The van der Waals surface area contributed by atoms with E-state index in [0.29, 0.717) is 0 Å². The molecule has 2 N–H and O–H groups in total. The summed E-state index contributed by atoms with van der Waals surface area (Å²) in [5, 5.41) is 0. The van der Waals surface area contributed by atoms with Gasteiger partial charge in [-0.1, -0.05) is 51.0 Å². The first-order chi connectivity index (χ1) is 8.69. The second-order valence-corrected chi connectivity index (χ2v) is 4.90. The van der Waals surface area contributed by atoms with Gasteiger partial charge in [-0.25, -0.2) is 0 Å². The molecule has 0 amide bonds. The quantitative estimate of drug-likeness (QED) is 0.710. The van der Waals surface area contributed by atoms with E-state index in [0.717, 1.165) is 25.0 Å². The van der Waals surface area contributed by atoms with Gasteiger partial charge in [-0.05, 0) is 30.9 Å². The van der Waals surface area contributed by atoms with Crippen LogP contribution in [0.15, 0.2) is 24.3 Å². The fraction of sp³-hybridized carbons (Fsp3) is 0.625. The molecule has 1 rings (SSSR count). The Bertz CT molecular complexity index is 320. The van der Waals surface area contributed by atoms with Crippen LogP contribution in [-0.4, -0.2) is 12.7 Å². The molecule has 102 valence electrons. The molecular formula is C16H27NO.